The molecule has 1 aliphatic rings. The third kappa shape index (κ3) is 2.88. The Kier molecular flexibility index (Phi) is 4.21. The molecule has 0 saturated heterocycles. The predicted molar refractivity (Wildman–Crippen MR) is 85.0 cm³/mol. The van der Waals surface area contributed by atoms with Gasteiger partial charge in [0.1, 0.15) is 5.70 Å². The molecule has 11 heteroatoms. The van der Waals surface area contributed by atoms with Crippen LogP contribution in [0.4, 0.5) is 5.69 Å². The number of phenolic OH excluding ortho intramolecular Hbond substituents is 1. The smallest absolute Gasteiger partial charge is 0.293 e. The van der Waals surface area contributed by atoms with Crippen molar-refractivity contribution in [3.63, 3.8) is 0 Å². The molecule has 0 atom stereocenters. The van der Waals surface area contributed by atoms with E-state index in [2.05, 4.69) is 9.71 Å². The lowest BCUT2D eigenvalue weighted by Gasteiger charge is -2.15. The number of amides is 2. The van der Waals surface area contributed by atoms with Crippen LogP contribution in [0.3, 0.4) is 0 Å². The van der Waals surface area contributed by atoms with Crippen LogP contribution in [-0.2, 0) is 14.8 Å². The number of primary amides is 1. The zero-order valence-corrected chi connectivity index (χ0v) is 13.5. The van der Waals surface area contributed by atoms with Crippen LogP contribution in [0.25, 0.3) is 0 Å². The number of aliphatic hydroxyl groups excluding tert-OH is 1. The molecule has 5 N–H and O–H groups in total. The second kappa shape index (κ2) is 5.85. The van der Waals surface area contributed by atoms with Crippen molar-refractivity contribution in [2.75, 3.05) is 19.4 Å². The molecule has 0 saturated carbocycles. The van der Waals surface area contributed by atoms with Gasteiger partial charge in [-0.1, -0.05) is 6.07 Å². The Morgan fingerprint density at radius 1 is 1.25 bits per heavy atom. The number of anilines is 1. The van der Waals surface area contributed by atoms with Crippen LogP contribution in [0, 0.1) is 0 Å². The number of hydrogen-bond donors (Lipinski definition) is 4. The van der Waals surface area contributed by atoms with E-state index in [1.807, 2.05) is 0 Å². The van der Waals surface area contributed by atoms with Crippen molar-refractivity contribution in [3.05, 3.63) is 34.4 Å². The van der Waals surface area contributed by atoms with E-state index >= 15 is 0 Å². The second-order valence-corrected chi connectivity index (χ2v) is 6.53. The van der Waals surface area contributed by atoms with Crippen LogP contribution in [0.1, 0.15) is 10.4 Å². The SMILES string of the molecule is CN(C)C(=O)c1cccc(NC2=C(C(N)=O)S(=O)(=O)N=C2O)c1O. The zero-order valence-electron chi connectivity index (χ0n) is 12.6. The number of aliphatic hydroxyl groups is 1. The summed E-state index contributed by atoms with van der Waals surface area (Å²) >= 11 is 0. The molecule has 0 aliphatic carbocycles. The van der Waals surface area contributed by atoms with Gasteiger partial charge >= 0.3 is 0 Å². The number of nitrogens with zero attached hydrogens (tertiary/aromatic N) is 2. The normalized spacial score (nSPS) is 15.8. The Hall–Kier alpha value is -3.08. The molecule has 1 heterocycles. The highest BCUT2D eigenvalue weighted by Crippen LogP contribution is 2.32. The van der Waals surface area contributed by atoms with Crippen LogP contribution in [0.2, 0.25) is 0 Å². The molecule has 0 radical (unpaired) electrons. The Bertz CT molecular complexity index is 901. The van der Waals surface area contributed by atoms with Crippen LogP contribution in [-0.4, -0.2) is 55.3 Å². The summed E-state index contributed by atoms with van der Waals surface area (Å²) in [5, 5.41) is 22.2. The molecule has 2 amide bonds. The summed E-state index contributed by atoms with van der Waals surface area (Å²) in [5.41, 5.74) is 4.25. The van der Waals surface area contributed by atoms with Gasteiger partial charge in [-0.05, 0) is 12.1 Å². The van der Waals surface area contributed by atoms with Gasteiger partial charge in [-0.25, -0.2) is 0 Å². The number of carbonyl (C=O) groups excluding carboxylic acids is 2. The van der Waals surface area contributed by atoms with Crippen LogP contribution >= 0.6 is 0 Å². The fourth-order valence-electron chi connectivity index (χ4n) is 1.99. The van der Waals surface area contributed by atoms with E-state index in [0.29, 0.717) is 0 Å². The van der Waals surface area contributed by atoms with Gasteiger partial charge in [-0.15, -0.1) is 4.40 Å². The number of nitrogens with two attached hydrogens (primary N) is 1. The molecular formula is C13H14N4O6S. The maximum Gasteiger partial charge on any atom is 0.293 e. The summed E-state index contributed by atoms with van der Waals surface area (Å²) in [5.74, 6) is -3.31. The fraction of sp³-hybridized carbons (Fsp3) is 0.154. The monoisotopic (exact) mass is 354 g/mol. The molecule has 0 bridgehead atoms. The molecule has 1 aromatic rings. The standard InChI is InChI=1S/C13H14N4O6S/c1-17(2)13(21)6-4-3-5-7(9(6)18)15-8-10(11(14)19)24(22,23)16-12(8)20/h3-5,15,18H,1-2H3,(H2,14,19)(H,16,20). The predicted octanol–water partition coefficient (Wildman–Crippen LogP) is -0.497. The highest BCUT2D eigenvalue weighted by atomic mass is 32.2. The van der Waals surface area contributed by atoms with Crippen LogP contribution in [0.5, 0.6) is 5.75 Å². The van der Waals surface area contributed by atoms with Crippen molar-refractivity contribution in [2.45, 2.75) is 0 Å². The maximum absolute atomic E-state index is 12.0. The van der Waals surface area contributed by atoms with E-state index in [4.69, 9.17) is 5.73 Å². The second-order valence-electron chi connectivity index (χ2n) is 4.98. The van der Waals surface area contributed by atoms with Crippen molar-refractivity contribution >= 4 is 33.4 Å². The van der Waals surface area contributed by atoms with Crippen molar-refractivity contribution < 1.29 is 28.2 Å². The Labute approximate surface area is 137 Å². The number of rotatable bonds is 4. The average Bonchev–Trinajstić information content (AvgIpc) is 2.69. The first-order valence-electron chi connectivity index (χ1n) is 6.45. The van der Waals surface area contributed by atoms with Gasteiger partial charge in [0.05, 0.1) is 11.3 Å². The summed E-state index contributed by atoms with van der Waals surface area (Å²) in [6.45, 7) is 0. The molecule has 2 rings (SSSR count). The zero-order chi connectivity index (χ0) is 18.2. The largest absolute Gasteiger partial charge is 0.505 e. The van der Waals surface area contributed by atoms with Crippen molar-refractivity contribution in [3.8, 4) is 5.75 Å². The summed E-state index contributed by atoms with van der Waals surface area (Å²) < 4.78 is 26.4. The molecule has 0 unspecified atom stereocenters. The first kappa shape index (κ1) is 17.3. The van der Waals surface area contributed by atoms with Crippen molar-refractivity contribution in [1.82, 2.24) is 4.90 Å². The van der Waals surface area contributed by atoms with Gasteiger partial charge in [0, 0.05) is 14.1 Å². The number of phenols is 1. The molecule has 0 fully saturated rings. The topological polar surface area (TPSA) is 162 Å². The summed E-state index contributed by atoms with van der Waals surface area (Å²) in [4.78, 5) is 23.6. The highest BCUT2D eigenvalue weighted by molar-refractivity contribution is 7.95. The summed E-state index contributed by atoms with van der Waals surface area (Å²) in [7, 11) is -1.47. The highest BCUT2D eigenvalue weighted by Gasteiger charge is 2.37. The molecule has 0 spiro atoms. The van der Waals surface area contributed by atoms with Gasteiger partial charge in [-0.3, -0.25) is 9.59 Å². The number of sulfonamides is 1. The molecule has 1 aromatic carbocycles. The van der Waals surface area contributed by atoms with Crippen LogP contribution < -0.4 is 11.1 Å². The number of para-hydroxylation sites is 1. The van der Waals surface area contributed by atoms with E-state index in [1.165, 1.54) is 37.2 Å². The van der Waals surface area contributed by atoms with E-state index in [1.54, 1.807) is 0 Å². The Balaban J connectivity index is 2.54. The summed E-state index contributed by atoms with van der Waals surface area (Å²) in [6.07, 6.45) is 0. The van der Waals surface area contributed by atoms with Crippen molar-refractivity contribution in [2.24, 2.45) is 10.1 Å². The Morgan fingerprint density at radius 2 is 1.88 bits per heavy atom. The van der Waals surface area contributed by atoms with Gasteiger partial charge in [0.25, 0.3) is 21.8 Å². The number of nitrogens with one attached hydrogen (secondary N) is 1. The van der Waals surface area contributed by atoms with E-state index in [0.717, 1.165) is 0 Å². The number of aromatic hydroxyl groups is 1. The van der Waals surface area contributed by atoms with Crippen molar-refractivity contribution in [1.29, 1.82) is 0 Å². The molecule has 10 nitrogen and oxygen atoms in total. The number of carbonyl (C=O) groups is 2. The summed E-state index contributed by atoms with van der Waals surface area (Å²) in [6, 6.07) is 4.08. The molecule has 128 valence electrons. The lowest BCUT2D eigenvalue weighted by Crippen LogP contribution is -2.23. The minimum Gasteiger partial charge on any atom is -0.505 e. The molecular weight excluding hydrogens is 340 g/mol. The molecule has 24 heavy (non-hydrogen) atoms. The number of hydrogen-bond acceptors (Lipinski definition) is 6. The first-order valence-corrected chi connectivity index (χ1v) is 7.89. The van der Waals surface area contributed by atoms with Gasteiger partial charge in [0.2, 0.25) is 5.90 Å². The van der Waals surface area contributed by atoms with Gasteiger partial charge in [-0.2, -0.15) is 8.42 Å². The Morgan fingerprint density at radius 3 is 2.42 bits per heavy atom. The van der Waals surface area contributed by atoms with E-state index in [9.17, 15) is 28.2 Å². The first-order chi connectivity index (χ1) is 11.1. The van der Waals surface area contributed by atoms with Gasteiger partial charge in [0.15, 0.2) is 10.7 Å². The number of benzene rings is 1. The lowest BCUT2D eigenvalue weighted by atomic mass is 10.1. The third-order valence-corrected chi connectivity index (χ3v) is 4.41. The van der Waals surface area contributed by atoms with Crippen LogP contribution in [0.15, 0.2) is 33.2 Å². The quantitative estimate of drug-likeness (QED) is 0.530. The minimum absolute atomic E-state index is 0.0662. The minimum atomic E-state index is -4.43. The maximum atomic E-state index is 12.0. The third-order valence-electron chi connectivity index (χ3n) is 3.07. The van der Waals surface area contributed by atoms with Gasteiger partial charge < -0.3 is 26.2 Å². The molecule has 0 aromatic heterocycles. The fourth-order valence-corrected chi connectivity index (χ4v) is 3.06. The molecule has 1 aliphatic heterocycles. The van der Waals surface area contributed by atoms with E-state index < -0.39 is 44.1 Å². The average molecular weight is 354 g/mol. The lowest BCUT2D eigenvalue weighted by molar-refractivity contribution is -0.114. The van der Waals surface area contributed by atoms with E-state index in [-0.39, 0.29) is 11.3 Å².